The molecule has 2 rings (SSSR count). The smallest absolute Gasteiger partial charge is 0.336 e. The molecule has 0 bridgehead atoms. The van der Waals surface area contributed by atoms with E-state index in [1.165, 1.54) is 24.3 Å². The van der Waals surface area contributed by atoms with Crippen molar-refractivity contribution < 1.29 is 18.3 Å². The van der Waals surface area contributed by atoms with Crippen LogP contribution >= 0.6 is 0 Å². The lowest BCUT2D eigenvalue weighted by Gasteiger charge is -2.03. The molecule has 17 heavy (non-hydrogen) atoms. The van der Waals surface area contributed by atoms with E-state index in [2.05, 4.69) is 5.32 Å². The number of aromatic carboxylic acids is 1. The van der Waals surface area contributed by atoms with Gasteiger partial charge < -0.3 is 10.4 Å². The molecule has 0 aromatic heterocycles. The van der Waals surface area contributed by atoms with Crippen molar-refractivity contribution >= 4 is 21.9 Å². The number of carbonyl (C=O) groups is 1. The second-order valence-corrected chi connectivity index (χ2v) is 5.64. The van der Waals surface area contributed by atoms with Crippen molar-refractivity contribution in [3.05, 3.63) is 34.2 Å². The zero-order valence-electron chi connectivity index (χ0n) is 9.10. The molecule has 1 aliphatic heterocycles. The van der Waals surface area contributed by atoms with Gasteiger partial charge in [-0.2, -0.15) is 0 Å². The third-order valence-corrected chi connectivity index (χ3v) is 4.48. The van der Waals surface area contributed by atoms with E-state index in [1.54, 1.807) is 7.05 Å². The maximum Gasteiger partial charge on any atom is 0.336 e. The fourth-order valence-corrected chi connectivity index (χ4v) is 3.42. The van der Waals surface area contributed by atoms with Crippen molar-refractivity contribution in [1.82, 2.24) is 5.32 Å². The van der Waals surface area contributed by atoms with Gasteiger partial charge in [-0.1, -0.05) is 6.07 Å². The molecular weight excluding hydrogens is 242 g/mol. The molecule has 0 radical (unpaired) electrons. The van der Waals surface area contributed by atoms with Gasteiger partial charge in [-0.3, -0.25) is 0 Å². The summed E-state index contributed by atoms with van der Waals surface area (Å²) in [4.78, 5) is 11.3. The third-order valence-electron chi connectivity index (χ3n) is 2.59. The number of carboxylic acids is 1. The fourth-order valence-electron chi connectivity index (χ4n) is 1.81. The molecule has 5 nitrogen and oxygen atoms in total. The van der Waals surface area contributed by atoms with Gasteiger partial charge >= 0.3 is 5.97 Å². The Hall–Kier alpha value is -1.66. The van der Waals surface area contributed by atoms with Crippen LogP contribution in [0, 0.1) is 0 Å². The van der Waals surface area contributed by atoms with Crippen LogP contribution in [0.5, 0.6) is 0 Å². The molecule has 0 saturated carbocycles. The second-order valence-electron chi connectivity index (χ2n) is 3.67. The Labute approximate surface area is 98.7 Å². The predicted octanol–water partition coefficient (Wildman–Crippen LogP) is 0.732. The number of rotatable bonds is 3. The van der Waals surface area contributed by atoms with Crippen molar-refractivity contribution in [3.63, 3.8) is 0 Å². The maximum absolute atomic E-state index is 12.0. The molecule has 0 amide bonds. The molecule has 0 fully saturated rings. The SMILES string of the molecule is CNCC1=Cc2c(C(=O)O)cccc2S1(=O)=O. The predicted molar refractivity (Wildman–Crippen MR) is 62.5 cm³/mol. The van der Waals surface area contributed by atoms with Gasteiger partial charge in [0.05, 0.1) is 15.4 Å². The summed E-state index contributed by atoms with van der Waals surface area (Å²) in [7, 11) is -1.89. The molecule has 0 atom stereocenters. The minimum Gasteiger partial charge on any atom is -0.478 e. The van der Waals surface area contributed by atoms with Gasteiger partial charge in [-0.05, 0) is 25.3 Å². The van der Waals surface area contributed by atoms with Crippen LogP contribution < -0.4 is 5.32 Å². The largest absolute Gasteiger partial charge is 0.478 e. The van der Waals surface area contributed by atoms with Crippen LogP contribution in [-0.4, -0.2) is 33.1 Å². The zero-order chi connectivity index (χ0) is 12.6. The molecule has 0 unspecified atom stereocenters. The zero-order valence-corrected chi connectivity index (χ0v) is 9.91. The summed E-state index contributed by atoms with van der Waals surface area (Å²) < 4.78 is 24.1. The number of benzene rings is 1. The average molecular weight is 253 g/mol. The fraction of sp³-hybridized carbons (Fsp3) is 0.182. The first-order valence-corrected chi connectivity index (χ1v) is 6.43. The van der Waals surface area contributed by atoms with Crippen LogP contribution in [0.1, 0.15) is 15.9 Å². The molecule has 0 aliphatic carbocycles. The second kappa shape index (κ2) is 3.97. The number of hydrogen-bond donors (Lipinski definition) is 2. The van der Waals surface area contributed by atoms with E-state index >= 15 is 0 Å². The highest BCUT2D eigenvalue weighted by Gasteiger charge is 2.31. The van der Waals surface area contributed by atoms with Gasteiger partial charge in [-0.15, -0.1) is 0 Å². The minimum atomic E-state index is -3.53. The van der Waals surface area contributed by atoms with E-state index in [4.69, 9.17) is 5.11 Å². The number of fused-ring (bicyclic) bond motifs is 1. The maximum atomic E-state index is 12.0. The van der Waals surface area contributed by atoms with E-state index in [1.807, 2.05) is 0 Å². The molecule has 1 aliphatic rings. The molecule has 2 N–H and O–H groups in total. The number of likely N-dealkylation sites (N-methyl/N-ethyl adjacent to an activating group) is 1. The first kappa shape index (κ1) is 11.8. The minimum absolute atomic E-state index is 0.0113. The molecule has 1 aromatic carbocycles. The van der Waals surface area contributed by atoms with E-state index in [0.29, 0.717) is 0 Å². The number of nitrogens with one attached hydrogen (secondary N) is 1. The van der Waals surface area contributed by atoms with Crippen LogP contribution in [0.25, 0.3) is 6.08 Å². The van der Waals surface area contributed by atoms with Crippen LogP contribution in [0.3, 0.4) is 0 Å². The van der Waals surface area contributed by atoms with Crippen molar-refractivity contribution in [2.45, 2.75) is 4.90 Å². The topological polar surface area (TPSA) is 83.5 Å². The van der Waals surface area contributed by atoms with Crippen molar-refractivity contribution in [1.29, 1.82) is 0 Å². The van der Waals surface area contributed by atoms with Crippen molar-refractivity contribution in [2.24, 2.45) is 0 Å². The summed E-state index contributed by atoms with van der Waals surface area (Å²) >= 11 is 0. The van der Waals surface area contributed by atoms with Crippen LogP contribution in [0.4, 0.5) is 0 Å². The van der Waals surface area contributed by atoms with Gasteiger partial charge in [-0.25, -0.2) is 13.2 Å². The van der Waals surface area contributed by atoms with Gasteiger partial charge in [0, 0.05) is 12.1 Å². The summed E-state index contributed by atoms with van der Waals surface area (Å²) in [5.74, 6) is -1.13. The lowest BCUT2D eigenvalue weighted by Crippen LogP contribution is -2.15. The quantitative estimate of drug-likeness (QED) is 0.829. The van der Waals surface area contributed by atoms with Crippen LogP contribution in [0.2, 0.25) is 0 Å². The third kappa shape index (κ3) is 1.75. The Bertz CT molecular complexity index is 616. The molecule has 90 valence electrons. The number of carboxylic acid groups (broad SMARTS) is 1. The Balaban J connectivity index is 2.68. The Kier molecular flexibility index (Phi) is 2.76. The normalized spacial score (nSPS) is 16.4. The van der Waals surface area contributed by atoms with Gasteiger partial charge in [0.2, 0.25) is 9.84 Å². The summed E-state index contributed by atoms with van der Waals surface area (Å²) in [6.07, 6.45) is 1.42. The Morgan fingerprint density at radius 2 is 2.12 bits per heavy atom. The molecule has 0 spiro atoms. The average Bonchev–Trinajstić information content (AvgIpc) is 2.52. The van der Waals surface area contributed by atoms with E-state index in [0.717, 1.165) is 0 Å². The molecule has 0 saturated heterocycles. The highest BCUT2D eigenvalue weighted by molar-refractivity contribution is 7.95. The summed E-state index contributed by atoms with van der Waals surface area (Å²) in [5, 5.41) is 11.7. The number of hydrogen-bond acceptors (Lipinski definition) is 4. The highest BCUT2D eigenvalue weighted by Crippen LogP contribution is 2.34. The lowest BCUT2D eigenvalue weighted by atomic mass is 10.1. The van der Waals surface area contributed by atoms with Gasteiger partial charge in [0.15, 0.2) is 0 Å². The van der Waals surface area contributed by atoms with Gasteiger partial charge in [0.25, 0.3) is 0 Å². The van der Waals surface area contributed by atoms with E-state index < -0.39 is 15.8 Å². The molecule has 1 aromatic rings. The van der Waals surface area contributed by atoms with Crippen LogP contribution in [-0.2, 0) is 9.84 Å². The monoisotopic (exact) mass is 253 g/mol. The molecular formula is C11H11NO4S. The van der Waals surface area contributed by atoms with Crippen molar-refractivity contribution in [2.75, 3.05) is 13.6 Å². The van der Waals surface area contributed by atoms with Crippen LogP contribution in [0.15, 0.2) is 28.0 Å². The molecule has 1 heterocycles. The van der Waals surface area contributed by atoms with Gasteiger partial charge in [0.1, 0.15) is 0 Å². The molecule has 6 heteroatoms. The standard InChI is InChI=1S/C11H11NO4S/c1-12-6-7-5-9-8(11(13)14)3-2-4-10(9)17(7,15)16/h2-5,12H,6H2,1H3,(H,13,14). The Morgan fingerprint density at radius 1 is 1.41 bits per heavy atom. The first-order chi connectivity index (χ1) is 7.98. The van der Waals surface area contributed by atoms with Crippen molar-refractivity contribution in [3.8, 4) is 0 Å². The number of sulfone groups is 1. The lowest BCUT2D eigenvalue weighted by molar-refractivity contribution is 0.0696. The Morgan fingerprint density at radius 3 is 2.71 bits per heavy atom. The van der Waals surface area contributed by atoms with E-state index in [-0.39, 0.29) is 27.5 Å². The summed E-state index contributed by atoms with van der Waals surface area (Å²) in [6, 6.07) is 4.27. The highest BCUT2D eigenvalue weighted by atomic mass is 32.2. The summed E-state index contributed by atoms with van der Waals surface area (Å²) in [5.41, 5.74) is 0.280. The van der Waals surface area contributed by atoms with E-state index in [9.17, 15) is 13.2 Å². The first-order valence-electron chi connectivity index (χ1n) is 4.95. The summed E-state index contributed by atoms with van der Waals surface area (Å²) in [6.45, 7) is 0.191.